The lowest BCUT2D eigenvalue weighted by atomic mass is 9.82. The fraction of sp³-hybridized carbons (Fsp3) is 0.643. The Labute approximate surface area is 122 Å². The number of hydrogen-bond donors (Lipinski definition) is 1. The summed E-state index contributed by atoms with van der Waals surface area (Å²) in [6, 6.07) is 0. The van der Waals surface area contributed by atoms with Gasteiger partial charge >= 0.3 is 5.97 Å². The molecule has 1 amide bonds. The van der Waals surface area contributed by atoms with Crippen LogP contribution in [0.1, 0.15) is 42.8 Å². The van der Waals surface area contributed by atoms with Crippen molar-refractivity contribution in [2.75, 3.05) is 7.05 Å². The molecule has 1 aliphatic carbocycles. The highest BCUT2D eigenvalue weighted by Crippen LogP contribution is 2.41. The normalized spacial score (nSPS) is 17.1. The average molecular weight is 296 g/mol. The first kappa shape index (κ1) is 15.0. The Morgan fingerprint density at radius 3 is 2.60 bits per heavy atom. The number of aliphatic carboxylic acids is 1. The number of aryl methyl sites for hydroxylation is 1. The lowest BCUT2D eigenvalue weighted by Crippen LogP contribution is -2.36. The van der Waals surface area contributed by atoms with E-state index in [0.29, 0.717) is 19.4 Å². The molecule has 0 aromatic carbocycles. The zero-order valence-corrected chi connectivity index (χ0v) is 12.7. The van der Waals surface area contributed by atoms with Gasteiger partial charge in [-0.05, 0) is 19.8 Å². The molecule has 0 aliphatic heterocycles. The third kappa shape index (κ3) is 3.17. The van der Waals surface area contributed by atoms with Crippen LogP contribution in [0.3, 0.4) is 0 Å². The van der Waals surface area contributed by atoms with Gasteiger partial charge in [0.05, 0.1) is 22.7 Å². The Kier molecular flexibility index (Phi) is 4.42. The maximum atomic E-state index is 12.3. The minimum Gasteiger partial charge on any atom is -0.481 e. The van der Waals surface area contributed by atoms with Crippen molar-refractivity contribution in [1.82, 2.24) is 9.88 Å². The van der Waals surface area contributed by atoms with Gasteiger partial charge < -0.3 is 10.0 Å². The van der Waals surface area contributed by atoms with Crippen molar-refractivity contribution < 1.29 is 14.7 Å². The Morgan fingerprint density at radius 2 is 2.10 bits per heavy atom. The van der Waals surface area contributed by atoms with E-state index in [9.17, 15) is 14.7 Å². The standard InChI is InChI=1S/C14H20N2O3S/c1-10-15-11(9-20-10)8-16(2)12(17)7-14(13(18)19)5-3-4-6-14/h9H,3-8H2,1-2H3,(H,18,19). The summed E-state index contributed by atoms with van der Waals surface area (Å²) >= 11 is 1.55. The predicted molar refractivity (Wildman–Crippen MR) is 76.5 cm³/mol. The number of hydrogen-bond acceptors (Lipinski definition) is 4. The minimum atomic E-state index is -0.844. The largest absolute Gasteiger partial charge is 0.481 e. The predicted octanol–water partition coefficient (Wildman–Crippen LogP) is 2.45. The van der Waals surface area contributed by atoms with Gasteiger partial charge in [-0.3, -0.25) is 9.59 Å². The van der Waals surface area contributed by atoms with Gasteiger partial charge in [-0.1, -0.05) is 12.8 Å². The molecular formula is C14H20N2O3S. The van der Waals surface area contributed by atoms with Crippen LogP contribution in [-0.2, 0) is 16.1 Å². The molecule has 1 saturated carbocycles. The maximum absolute atomic E-state index is 12.3. The molecule has 5 nitrogen and oxygen atoms in total. The lowest BCUT2D eigenvalue weighted by Gasteiger charge is -2.26. The fourth-order valence-corrected chi connectivity index (χ4v) is 3.36. The smallest absolute Gasteiger partial charge is 0.310 e. The van der Waals surface area contributed by atoms with Crippen LogP contribution in [-0.4, -0.2) is 33.9 Å². The van der Waals surface area contributed by atoms with E-state index in [1.165, 1.54) is 0 Å². The molecule has 0 radical (unpaired) electrons. The van der Waals surface area contributed by atoms with Crippen LogP contribution in [0.15, 0.2) is 5.38 Å². The molecule has 0 spiro atoms. The fourth-order valence-electron chi connectivity index (χ4n) is 2.75. The van der Waals surface area contributed by atoms with E-state index in [1.807, 2.05) is 12.3 Å². The van der Waals surface area contributed by atoms with Gasteiger partial charge in [-0.2, -0.15) is 0 Å². The summed E-state index contributed by atoms with van der Waals surface area (Å²) in [5.74, 6) is -0.943. The van der Waals surface area contributed by atoms with Crippen LogP contribution in [0, 0.1) is 12.3 Å². The summed E-state index contributed by atoms with van der Waals surface area (Å²) in [6.45, 7) is 2.37. The van der Waals surface area contributed by atoms with Crippen molar-refractivity contribution in [2.24, 2.45) is 5.41 Å². The molecule has 1 aliphatic rings. The van der Waals surface area contributed by atoms with Crippen molar-refractivity contribution in [2.45, 2.75) is 45.6 Å². The molecule has 110 valence electrons. The van der Waals surface area contributed by atoms with Gasteiger partial charge in [0.2, 0.25) is 5.91 Å². The van der Waals surface area contributed by atoms with E-state index in [-0.39, 0.29) is 12.3 Å². The van der Waals surface area contributed by atoms with Gasteiger partial charge in [0.15, 0.2) is 0 Å². The minimum absolute atomic E-state index is 0.0992. The Morgan fingerprint density at radius 1 is 1.45 bits per heavy atom. The van der Waals surface area contributed by atoms with Gasteiger partial charge in [-0.15, -0.1) is 11.3 Å². The third-order valence-electron chi connectivity index (χ3n) is 4.00. The Balaban J connectivity index is 1.98. The monoisotopic (exact) mass is 296 g/mol. The quantitative estimate of drug-likeness (QED) is 0.906. The summed E-state index contributed by atoms with van der Waals surface area (Å²) in [5.41, 5.74) is 0.0164. The molecule has 1 heterocycles. The van der Waals surface area contributed by atoms with Gasteiger partial charge in [0.25, 0.3) is 0 Å². The molecule has 0 saturated heterocycles. The molecule has 1 aromatic rings. The van der Waals surface area contributed by atoms with Gasteiger partial charge in [0.1, 0.15) is 0 Å². The molecule has 0 unspecified atom stereocenters. The molecule has 1 aromatic heterocycles. The number of carboxylic acid groups (broad SMARTS) is 1. The van der Waals surface area contributed by atoms with E-state index in [1.54, 1.807) is 23.3 Å². The molecule has 1 fully saturated rings. The zero-order valence-electron chi connectivity index (χ0n) is 11.9. The van der Waals surface area contributed by atoms with Crippen LogP contribution in [0.5, 0.6) is 0 Å². The van der Waals surface area contributed by atoms with Gasteiger partial charge in [-0.25, -0.2) is 4.98 Å². The van der Waals surface area contributed by atoms with Crippen molar-refractivity contribution in [3.8, 4) is 0 Å². The number of aromatic nitrogens is 1. The van der Waals surface area contributed by atoms with Crippen molar-refractivity contribution in [3.63, 3.8) is 0 Å². The first-order valence-electron chi connectivity index (χ1n) is 6.81. The highest BCUT2D eigenvalue weighted by Gasteiger charge is 2.43. The zero-order chi connectivity index (χ0) is 14.8. The van der Waals surface area contributed by atoms with Crippen molar-refractivity contribution >= 4 is 23.2 Å². The molecule has 20 heavy (non-hydrogen) atoms. The van der Waals surface area contributed by atoms with Crippen molar-refractivity contribution in [1.29, 1.82) is 0 Å². The van der Waals surface area contributed by atoms with Crippen LogP contribution in [0.25, 0.3) is 0 Å². The van der Waals surface area contributed by atoms with E-state index >= 15 is 0 Å². The summed E-state index contributed by atoms with van der Waals surface area (Å²) in [4.78, 5) is 29.6. The summed E-state index contributed by atoms with van der Waals surface area (Å²) in [5, 5.41) is 12.3. The average Bonchev–Trinajstić information content (AvgIpc) is 2.99. The molecule has 6 heteroatoms. The number of rotatable bonds is 5. The first-order valence-corrected chi connectivity index (χ1v) is 7.69. The Hall–Kier alpha value is -1.43. The number of nitrogens with zero attached hydrogens (tertiary/aromatic N) is 2. The van der Waals surface area contributed by atoms with Crippen LogP contribution in [0.2, 0.25) is 0 Å². The summed E-state index contributed by atoms with van der Waals surface area (Å²) < 4.78 is 0. The topological polar surface area (TPSA) is 70.5 Å². The van der Waals surface area contributed by atoms with E-state index in [4.69, 9.17) is 0 Å². The van der Waals surface area contributed by atoms with E-state index in [2.05, 4.69) is 4.98 Å². The highest BCUT2D eigenvalue weighted by atomic mass is 32.1. The third-order valence-corrected chi connectivity index (χ3v) is 4.82. The molecule has 0 bridgehead atoms. The second-order valence-corrected chi connectivity index (χ2v) is 6.64. The van der Waals surface area contributed by atoms with Crippen LogP contribution < -0.4 is 0 Å². The molecule has 2 rings (SSSR count). The maximum Gasteiger partial charge on any atom is 0.310 e. The van der Waals surface area contributed by atoms with E-state index in [0.717, 1.165) is 23.5 Å². The van der Waals surface area contributed by atoms with Crippen LogP contribution in [0.4, 0.5) is 0 Å². The number of thiazole rings is 1. The van der Waals surface area contributed by atoms with Gasteiger partial charge in [0, 0.05) is 18.8 Å². The van der Waals surface area contributed by atoms with Crippen LogP contribution >= 0.6 is 11.3 Å². The van der Waals surface area contributed by atoms with Crippen molar-refractivity contribution in [3.05, 3.63) is 16.1 Å². The number of carbonyl (C=O) groups excluding carboxylic acids is 1. The SMILES string of the molecule is Cc1nc(CN(C)C(=O)CC2(C(=O)O)CCCC2)cs1. The number of carbonyl (C=O) groups is 2. The number of carboxylic acids is 1. The first-order chi connectivity index (χ1) is 9.43. The summed E-state index contributed by atoms with van der Waals surface area (Å²) in [7, 11) is 1.71. The summed E-state index contributed by atoms with van der Waals surface area (Å²) in [6.07, 6.45) is 3.11. The second-order valence-electron chi connectivity index (χ2n) is 5.58. The molecular weight excluding hydrogens is 276 g/mol. The van der Waals surface area contributed by atoms with E-state index < -0.39 is 11.4 Å². The second kappa shape index (κ2) is 5.91. The number of amides is 1. The molecule has 0 atom stereocenters. The Bertz CT molecular complexity index is 506. The molecule has 1 N–H and O–H groups in total. The lowest BCUT2D eigenvalue weighted by molar-refractivity contribution is -0.153. The highest BCUT2D eigenvalue weighted by molar-refractivity contribution is 7.09.